The van der Waals surface area contributed by atoms with Crippen molar-refractivity contribution in [2.24, 2.45) is 13.0 Å². The lowest BCUT2D eigenvalue weighted by atomic mass is 9.97. The van der Waals surface area contributed by atoms with Crippen molar-refractivity contribution in [3.63, 3.8) is 0 Å². The molecule has 1 aliphatic rings. The predicted molar refractivity (Wildman–Crippen MR) is 117 cm³/mol. The fourth-order valence-electron chi connectivity index (χ4n) is 3.96. The fraction of sp³-hybridized carbons (Fsp3) is 0.391. The molecule has 1 atom stereocenters. The number of nitrogens with zero attached hydrogens (tertiary/aromatic N) is 4. The lowest BCUT2D eigenvalue weighted by Crippen LogP contribution is -2.45. The first kappa shape index (κ1) is 20.1. The van der Waals surface area contributed by atoms with Crippen molar-refractivity contribution < 1.29 is 4.79 Å². The Morgan fingerprint density at radius 2 is 1.97 bits per heavy atom. The van der Waals surface area contributed by atoms with Gasteiger partial charge in [-0.3, -0.25) is 14.2 Å². The molecule has 0 radical (unpaired) electrons. The van der Waals surface area contributed by atoms with Crippen molar-refractivity contribution in [3.05, 3.63) is 64.1 Å². The van der Waals surface area contributed by atoms with Gasteiger partial charge in [0.05, 0.1) is 5.92 Å². The highest BCUT2D eigenvalue weighted by atomic mass is 16.2. The Kier molecular flexibility index (Phi) is 5.79. The van der Waals surface area contributed by atoms with Crippen molar-refractivity contribution >= 4 is 22.9 Å². The maximum absolute atomic E-state index is 12.8. The van der Waals surface area contributed by atoms with Crippen LogP contribution in [0.2, 0.25) is 0 Å². The lowest BCUT2D eigenvalue weighted by Gasteiger charge is -2.32. The number of aromatic nitrogens is 3. The van der Waals surface area contributed by atoms with E-state index in [-0.39, 0.29) is 17.4 Å². The van der Waals surface area contributed by atoms with E-state index in [1.807, 2.05) is 17.0 Å². The SMILES string of the molecule is CCc1ccc(CNC(=O)C2CCCN(c3nc4cccnc4n(C)c3=O)C2)cc1. The summed E-state index contributed by atoms with van der Waals surface area (Å²) < 4.78 is 1.53. The standard InChI is InChI=1S/C23H27N5O2/c1-3-16-8-10-17(11-9-16)14-25-22(29)18-6-5-13-28(15-18)21-23(30)27(2)20-19(26-21)7-4-12-24-20/h4,7-12,18H,3,5-6,13-15H2,1-2H3,(H,25,29). The molecule has 4 rings (SSSR count). The average molecular weight is 406 g/mol. The molecule has 0 aliphatic carbocycles. The Bertz CT molecular complexity index is 1110. The second kappa shape index (κ2) is 8.65. The first-order valence-corrected chi connectivity index (χ1v) is 10.5. The van der Waals surface area contributed by atoms with Crippen LogP contribution in [0.1, 0.15) is 30.9 Å². The maximum atomic E-state index is 12.8. The molecule has 2 aromatic heterocycles. The fourth-order valence-corrected chi connectivity index (χ4v) is 3.96. The highest BCUT2D eigenvalue weighted by molar-refractivity contribution is 5.79. The molecular formula is C23H27N5O2. The summed E-state index contributed by atoms with van der Waals surface area (Å²) in [6.45, 7) is 3.85. The summed E-state index contributed by atoms with van der Waals surface area (Å²) in [7, 11) is 1.71. The Labute approximate surface area is 175 Å². The summed E-state index contributed by atoms with van der Waals surface area (Å²) >= 11 is 0. The number of carbonyl (C=O) groups is 1. The maximum Gasteiger partial charge on any atom is 0.294 e. The zero-order valence-corrected chi connectivity index (χ0v) is 17.5. The van der Waals surface area contributed by atoms with Crippen molar-refractivity contribution in [1.29, 1.82) is 0 Å². The minimum Gasteiger partial charge on any atom is -0.352 e. The summed E-state index contributed by atoms with van der Waals surface area (Å²) in [5.41, 5.74) is 3.43. The van der Waals surface area contributed by atoms with E-state index in [9.17, 15) is 9.59 Å². The molecule has 3 aromatic rings. The molecule has 1 N–H and O–H groups in total. The van der Waals surface area contributed by atoms with Crippen molar-refractivity contribution in [1.82, 2.24) is 19.9 Å². The second-order valence-corrected chi connectivity index (χ2v) is 7.82. The van der Waals surface area contributed by atoms with Gasteiger partial charge >= 0.3 is 0 Å². The van der Waals surface area contributed by atoms with Crippen LogP contribution in [-0.2, 0) is 24.8 Å². The number of benzene rings is 1. The zero-order valence-electron chi connectivity index (χ0n) is 17.5. The number of nitrogens with one attached hydrogen (secondary N) is 1. The van der Waals surface area contributed by atoms with Crippen molar-refractivity contribution in [3.8, 4) is 0 Å². The van der Waals surface area contributed by atoms with Crippen LogP contribution >= 0.6 is 0 Å². The van der Waals surface area contributed by atoms with Gasteiger partial charge in [0.15, 0.2) is 11.5 Å². The van der Waals surface area contributed by atoms with Gasteiger partial charge in [0.2, 0.25) is 5.91 Å². The molecule has 0 saturated carbocycles. The average Bonchev–Trinajstić information content (AvgIpc) is 2.80. The number of hydrogen-bond acceptors (Lipinski definition) is 5. The van der Waals surface area contributed by atoms with Gasteiger partial charge in [-0.1, -0.05) is 31.2 Å². The summed E-state index contributed by atoms with van der Waals surface area (Å²) in [4.78, 5) is 36.4. The van der Waals surface area contributed by atoms with E-state index < -0.39 is 0 Å². The predicted octanol–water partition coefficient (Wildman–Crippen LogP) is 2.42. The van der Waals surface area contributed by atoms with Gasteiger partial charge in [0, 0.05) is 32.9 Å². The molecule has 156 valence electrons. The van der Waals surface area contributed by atoms with E-state index in [1.54, 1.807) is 13.2 Å². The van der Waals surface area contributed by atoms with Crippen LogP contribution in [0.15, 0.2) is 47.4 Å². The molecule has 1 saturated heterocycles. The Balaban J connectivity index is 1.46. The van der Waals surface area contributed by atoms with Gasteiger partial charge in [0.25, 0.3) is 5.56 Å². The number of fused-ring (bicyclic) bond motifs is 1. The number of amides is 1. The number of rotatable bonds is 5. The van der Waals surface area contributed by atoms with E-state index in [0.29, 0.717) is 30.1 Å². The summed E-state index contributed by atoms with van der Waals surface area (Å²) in [6.07, 6.45) is 4.31. The molecule has 1 amide bonds. The van der Waals surface area contributed by atoms with Crippen LogP contribution in [0.4, 0.5) is 5.82 Å². The molecule has 1 fully saturated rings. The van der Waals surface area contributed by atoms with Gasteiger partial charge in [0.1, 0.15) is 5.52 Å². The summed E-state index contributed by atoms with van der Waals surface area (Å²) in [5.74, 6) is 0.258. The Morgan fingerprint density at radius 1 is 1.20 bits per heavy atom. The highest BCUT2D eigenvalue weighted by Crippen LogP contribution is 2.21. The molecule has 0 bridgehead atoms. The normalized spacial score (nSPS) is 16.6. The molecule has 0 spiro atoms. The van der Waals surface area contributed by atoms with E-state index >= 15 is 0 Å². The third-order valence-electron chi connectivity index (χ3n) is 5.80. The Morgan fingerprint density at radius 3 is 2.73 bits per heavy atom. The molecule has 1 aromatic carbocycles. The van der Waals surface area contributed by atoms with Crippen LogP contribution in [0, 0.1) is 5.92 Å². The van der Waals surface area contributed by atoms with Crippen LogP contribution in [0.3, 0.4) is 0 Å². The second-order valence-electron chi connectivity index (χ2n) is 7.82. The molecule has 30 heavy (non-hydrogen) atoms. The van der Waals surface area contributed by atoms with Crippen molar-refractivity contribution in [2.75, 3.05) is 18.0 Å². The smallest absolute Gasteiger partial charge is 0.294 e. The molecular weight excluding hydrogens is 378 g/mol. The minimum atomic E-state index is -0.182. The third kappa shape index (κ3) is 4.06. The molecule has 3 heterocycles. The first-order valence-electron chi connectivity index (χ1n) is 10.5. The monoisotopic (exact) mass is 405 g/mol. The number of anilines is 1. The number of pyridine rings is 1. The van der Waals surface area contributed by atoms with E-state index in [1.165, 1.54) is 10.1 Å². The molecule has 1 aliphatic heterocycles. The molecule has 1 unspecified atom stereocenters. The van der Waals surface area contributed by atoms with Crippen LogP contribution in [0.25, 0.3) is 11.2 Å². The first-order chi connectivity index (χ1) is 14.6. The largest absolute Gasteiger partial charge is 0.352 e. The van der Waals surface area contributed by atoms with E-state index in [4.69, 9.17) is 0 Å². The van der Waals surface area contributed by atoms with E-state index in [2.05, 4.69) is 46.5 Å². The Hall–Kier alpha value is -3.22. The van der Waals surface area contributed by atoms with Crippen LogP contribution in [0.5, 0.6) is 0 Å². The van der Waals surface area contributed by atoms with Gasteiger partial charge in [-0.15, -0.1) is 0 Å². The lowest BCUT2D eigenvalue weighted by molar-refractivity contribution is -0.125. The number of piperidine rings is 1. The number of aryl methyl sites for hydroxylation is 2. The molecule has 7 heteroatoms. The minimum absolute atomic E-state index is 0.0264. The topological polar surface area (TPSA) is 80.1 Å². The molecule has 7 nitrogen and oxygen atoms in total. The van der Waals surface area contributed by atoms with Gasteiger partial charge in [-0.2, -0.15) is 0 Å². The highest BCUT2D eigenvalue weighted by Gasteiger charge is 2.28. The summed E-state index contributed by atoms with van der Waals surface area (Å²) in [6, 6.07) is 12.0. The zero-order chi connectivity index (χ0) is 21.1. The van der Waals surface area contributed by atoms with Gasteiger partial charge in [-0.25, -0.2) is 9.97 Å². The van der Waals surface area contributed by atoms with Gasteiger partial charge < -0.3 is 10.2 Å². The van der Waals surface area contributed by atoms with E-state index in [0.717, 1.165) is 31.4 Å². The number of hydrogen-bond donors (Lipinski definition) is 1. The van der Waals surface area contributed by atoms with Crippen molar-refractivity contribution in [2.45, 2.75) is 32.7 Å². The summed E-state index contributed by atoms with van der Waals surface area (Å²) in [5, 5.41) is 3.05. The quantitative estimate of drug-likeness (QED) is 0.705. The van der Waals surface area contributed by atoms with Gasteiger partial charge in [-0.05, 0) is 42.5 Å². The van der Waals surface area contributed by atoms with Crippen LogP contribution < -0.4 is 15.8 Å². The van der Waals surface area contributed by atoms with Crippen LogP contribution in [-0.4, -0.2) is 33.5 Å². The number of carbonyl (C=O) groups excluding carboxylic acids is 1. The third-order valence-corrected chi connectivity index (χ3v) is 5.80.